The van der Waals surface area contributed by atoms with Crippen LogP contribution in [0.5, 0.6) is 0 Å². The van der Waals surface area contributed by atoms with Gasteiger partial charge in [-0.2, -0.15) is 10.5 Å². The summed E-state index contributed by atoms with van der Waals surface area (Å²) in [6.07, 6.45) is 1.12. The van der Waals surface area contributed by atoms with Crippen LogP contribution in [0, 0.1) is 22.7 Å². The molecule has 0 aromatic carbocycles. The molecule has 0 aliphatic carbocycles. The third kappa shape index (κ3) is 3.02. The maximum atomic E-state index is 7.95. The van der Waals surface area contributed by atoms with E-state index in [2.05, 4.69) is 15.9 Å². The van der Waals surface area contributed by atoms with Crippen LogP contribution in [-0.2, 0) is 0 Å². The molecule has 0 bridgehead atoms. The summed E-state index contributed by atoms with van der Waals surface area (Å²) in [6, 6.07) is 3.41. The van der Waals surface area contributed by atoms with Crippen LogP contribution in [0.1, 0.15) is 0 Å². The van der Waals surface area contributed by atoms with E-state index in [1.165, 1.54) is 0 Å². The molecule has 0 amide bonds. The van der Waals surface area contributed by atoms with Gasteiger partial charge in [0.05, 0.1) is 6.07 Å². The first-order valence-electron chi connectivity index (χ1n) is 1.46. The molecular formula is C4HBrN2. The number of nitriles is 2. The summed E-state index contributed by atoms with van der Waals surface area (Å²) in [7, 11) is 0. The van der Waals surface area contributed by atoms with E-state index in [1.807, 2.05) is 0 Å². The molecule has 0 fully saturated rings. The van der Waals surface area contributed by atoms with Gasteiger partial charge in [0.2, 0.25) is 0 Å². The molecule has 0 radical (unpaired) electrons. The number of rotatable bonds is 0. The molecule has 0 N–H and O–H groups in total. The number of hydrogen-bond donors (Lipinski definition) is 0. The Kier molecular flexibility index (Phi) is 3.00. The minimum atomic E-state index is 0.259. The van der Waals surface area contributed by atoms with Crippen molar-refractivity contribution in [1.82, 2.24) is 0 Å². The zero-order chi connectivity index (χ0) is 5.70. The summed E-state index contributed by atoms with van der Waals surface area (Å²) in [5.74, 6) is 0. The third-order valence-electron chi connectivity index (χ3n) is 0.298. The van der Waals surface area contributed by atoms with Gasteiger partial charge in [-0.15, -0.1) is 0 Å². The fourth-order valence-electron chi connectivity index (χ4n) is 0.0889. The van der Waals surface area contributed by atoms with E-state index >= 15 is 0 Å². The standard InChI is InChI=1S/C4HBrN2/c5-4(3-7)1-2-6/h1H/b4-1-. The summed E-state index contributed by atoms with van der Waals surface area (Å²) in [5, 5.41) is 15.8. The average molecular weight is 157 g/mol. The summed E-state index contributed by atoms with van der Waals surface area (Å²) in [4.78, 5) is 0. The number of hydrogen-bond acceptors (Lipinski definition) is 2. The molecule has 0 aromatic heterocycles. The quantitative estimate of drug-likeness (QED) is 0.497. The zero-order valence-corrected chi connectivity index (χ0v) is 4.94. The van der Waals surface area contributed by atoms with Gasteiger partial charge in [0.25, 0.3) is 0 Å². The van der Waals surface area contributed by atoms with E-state index in [0.29, 0.717) is 0 Å². The molecule has 0 saturated heterocycles. The summed E-state index contributed by atoms with van der Waals surface area (Å²) in [5.41, 5.74) is 0. The number of nitrogens with zero attached hydrogens (tertiary/aromatic N) is 2. The van der Waals surface area contributed by atoms with Crippen molar-refractivity contribution >= 4 is 15.9 Å². The van der Waals surface area contributed by atoms with Gasteiger partial charge in [-0.25, -0.2) is 0 Å². The van der Waals surface area contributed by atoms with Crippen molar-refractivity contribution in [2.75, 3.05) is 0 Å². The topological polar surface area (TPSA) is 47.6 Å². The lowest BCUT2D eigenvalue weighted by Gasteiger charge is -1.65. The van der Waals surface area contributed by atoms with Gasteiger partial charge in [0.1, 0.15) is 10.6 Å². The van der Waals surface area contributed by atoms with Crippen molar-refractivity contribution in [1.29, 1.82) is 10.5 Å². The highest BCUT2D eigenvalue weighted by Crippen LogP contribution is 1.98. The van der Waals surface area contributed by atoms with Gasteiger partial charge in [-0.05, 0) is 15.9 Å². The highest BCUT2D eigenvalue weighted by Gasteiger charge is 1.78. The summed E-state index contributed by atoms with van der Waals surface area (Å²) >= 11 is 2.81. The first kappa shape index (κ1) is 6.20. The third-order valence-corrected chi connectivity index (χ3v) is 0.704. The number of allylic oxidation sites excluding steroid dienone is 2. The molecule has 0 atom stereocenters. The van der Waals surface area contributed by atoms with Crippen molar-refractivity contribution in [3.8, 4) is 12.1 Å². The largest absolute Gasteiger partial charge is 0.193 e. The second-order valence-electron chi connectivity index (χ2n) is 0.733. The SMILES string of the molecule is N#C/C=C(\Br)C#N. The van der Waals surface area contributed by atoms with Crippen molar-refractivity contribution in [2.45, 2.75) is 0 Å². The van der Waals surface area contributed by atoms with E-state index in [-0.39, 0.29) is 4.48 Å². The predicted molar refractivity (Wildman–Crippen MR) is 28.2 cm³/mol. The van der Waals surface area contributed by atoms with Crippen molar-refractivity contribution < 1.29 is 0 Å². The molecule has 0 rings (SSSR count). The van der Waals surface area contributed by atoms with Crippen LogP contribution < -0.4 is 0 Å². The lowest BCUT2D eigenvalue weighted by atomic mass is 10.6. The molecule has 2 nitrogen and oxygen atoms in total. The second-order valence-corrected chi connectivity index (χ2v) is 1.59. The fraction of sp³-hybridized carbons (Fsp3) is 0. The van der Waals surface area contributed by atoms with Gasteiger partial charge in [-0.3, -0.25) is 0 Å². The van der Waals surface area contributed by atoms with Crippen LogP contribution in [0.25, 0.3) is 0 Å². The molecule has 0 aliphatic rings. The lowest BCUT2D eigenvalue weighted by molar-refractivity contribution is 1.51. The minimum Gasteiger partial charge on any atom is -0.193 e. The molecule has 0 aromatic rings. The Hall–Kier alpha value is -0.800. The molecule has 7 heavy (non-hydrogen) atoms. The Morgan fingerprint density at radius 2 is 2.14 bits per heavy atom. The van der Waals surface area contributed by atoms with Gasteiger partial charge in [0.15, 0.2) is 0 Å². The van der Waals surface area contributed by atoms with E-state index in [1.54, 1.807) is 12.1 Å². The zero-order valence-electron chi connectivity index (χ0n) is 3.35. The van der Waals surface area contributed by atoms with Gasteiger partial charge >= 0.3 is 0 Å². The van der Waals surface area contributed by atoms with Crippen molar-refractivity contribution in [3.63, 3.8) is 0 Å². The van der Waals surface area contributed by atoms with E-state index in [4.69, 9.17) is 10.5 Å². The normalized spacial score (nSPS) is 9.29. The molecule has 3 heteroatoms. The van der Waals surface area contributed by atoms with Crippen molar-refractivity contribution in [2.24, 2.45) is 0 Å². The molecule has 0 unspecified atom stereocenters. The van der Waals surface area contributed by atoms with Crippen LogP contribution in [0.2, 0.25) is 0 Å². The molecule has 34 valence electrons. The Morgan fingerprint density at radius 1 is 1.57 bits per heavy atom. The fourth-order valence-corrected chi connectivity index (χ4v) is 0.191. The highest BCUT2D eigenvalue weighted by atomic mass is 79.9. The van der Waals surface area contributed by atoms with Gasteiger partial charge in [0, 0.05) is 6.08 Å². The first-order valence-corrected chi connectivity index (χ1v) is 2.26. The highest BCUT2D eigenvalue weighted by molar-refractivity contribution is 9.12. The molecule has 0 heterocycles. The molecule has 0 aliphatic heterocycles. The monoisotopic (exact) mass is 156 g/mol. The van der Waals surface area contributed by atoms with Gasteiger partial charge < -0.3 is 0 Å². The molecule has 0 saturated carbocycles. The smallest absolute Gasteiger partial charge is 0.107 e. The Labute approximate surface area is 49.8 Å². The van der Waals surface area contributed by atoms with Crippen molar-refractivity contribution in [3.05, 3.63) is 10.6 Å². The van der Waals surface area contributed by atoms with Crippen LogP contribution in [-0.4, -0.2) is 0 Å². The van der Waals surface area contributed by atoms with Crippen LogP contribution >= 0.6 is 15.9 Å². The first-order chi connectivity index (χ1) is 3.31. The summed E-state index contributed by atoms with van der Waals surface area (Å²) < 4.78 is 0.259. The summed E-state index contributed by atoms with van der Waals surface area (Å²) in [6.45, 7) is 0. The van der Waals surface area contributed by atoms with E-state index in [9.17, 15) is 0 Å². The molecule has 0 spiro atoms. The maximum absolute atomic E-state index is 7.95. The van der Waals surface area contributed by atoms with Crippen LogP contribution in [0.15, 0.2) is 10.6 Å². The minimum absolute atomic E-state index is 0.259. The Bertz CT molecular complexity index is 158. The predicted octanol–water partition coefficient (Wildman–Crippen LogP) is 1.31. The Morgan fingerprint density at radius 3 is 2.29 bits per heavy atom. The number of halogens is 1. The van der Waals surface area contributed by atoms with Crippen LogP contribution in [0.4, 0.5) is 0 Å². The van der Waals surface area contributed by atoms with E-state index in [0.717, 1.165) is 6.08 Å². The van der Waals surface area contributed by atoms with Crippen LogP contribution in [0.3, 0.4) is 0 Å². The Balaban J connectivity index is 3.89. The average Bonchev–Trinajstić information content (AvgIpc) is 1.68. The maximum Gasteiger partial charge on any atom is 0.107 e. The molecular weight excluding hydrogens is 156 g/mol. The lowest BCUT2D eigenvalue weighted by Crippen LogP contribution is -1.54. The van der Waals surface area contributed by atoms with E-state index < -0.39 is 0 Å². The second kappa shape index (κ2) is 3.39. The van der Waals surface area contributed by atoms with Gasteiger partial charge in [-0.1, -0.05) is 0 Å².